The van der Waals surface area contributed by atoms with Crippen LogP contribution in [0.1, 0.15) is 12.5 Å². The Bertz CT molecular complexity index is 325. The number of hydrogen-bond donors (Lipinski definition) is 0. The number of benzene rings is 1. The zero-order chi connectivity index (χ0) is 9.68. The van der Waals surface area contributed by atoms with Crippen LogP contribution in [0.25, 0.3) is 6.08 Å². The molecular weight excluding hydrogens is 187 g/mol. The van der Waals surface area contributed by atoms with Gasteiger partial charge in [0.25, 0.3) is 0 Å². The lowest BCUT2D eigenvalue weighted by Crippen LogP contribution is -1.74. The summed E-state index contributed by atoms with van der Waals surface area (Å²) in [6.07, 6.45) is 2.93. The molecule has 1 aromatic carbocycles. The van der Waals surface area contributed by atoms with Crippen molar-refractivity contribution in [1.82, 2.24) is 0 Å². The summed E-state index contributed by atoms with van der Waals surface area (Å²) < 4.78 is 12.9. The second-order valence-electron chi connectivity index (χ2n) is 2.54. The first kappa shape index (κ1) is 10.0. The van der Waals surface area contributed by atoms with E-state index in [4.69, 9.17) is 11.6 Å². The molecule has 0 saturated carbocycles. The van der Waals surface area contributed by atoms with Gasteiger partial charge in [-0.05, 0) is 18.6 Å². The number of rotatable bonds is 2. The first-order valence-corrected chi connectivity index (χ1v) is 4.36. The van der Waals surface area contributed by atoms with Gasteiger partial charge >= 0.3 is 0 Å². The third-order valence-electron chi connectivity index (χ3n) is 1.57. The molecule has 0 nitrogen and oxygen atoms in total. The Kier molecular flexibility index (Phi) is 3.71. The molecule has 0 aromatic heterocycles. The highest BCUT2D eigenvalue weighted by molar-refractivity contribution is 6.33. The van der Waals surface area contributed by atoms with Crippen LogP contribution in [0.5, 0.6) is 0 Å². The van der Waals surface area contributed by atoms with E-state index >= 15 is 0 Å². The average molecular weight is 197 g/mol. The van der Waals surface area contributed by atoms with Crippen LogP contribution < -0.4 is 0 Å². The molecule has 1 rings (SSSR count). The van der Waals surface area contributed by atoms with Crippen molar-refractivity contribution < 1.29 is 4.39 Å². The Morgan fingerprint density at radius 1 is 1.31 bits per heavy atom. The molecular formula is C11H10ClF. The van der Waals surface area contributed by atoms with E-state index in [0.29, 0.717) is 0 Å². The van der Waals surface area contributed by atoms with E-state index in [2.05, 4.69) is 0 Å². The van der Waals surface area contributed by atoms with Crippen molar-refractivity contribution in [1.29, 1.82) is 0 Å². The molecule has 0 atom stereocenters. The standard InChI is InChI=1S/C11H10ClF/c1-2-11(13)10(12)8-9-6-4-3-5-7-9/h2-8H,1H3/b10-8-,11-2+. The Hall–Kier alpha value is -1.08. The molecule has 0 spiro atoms. The van der Waals surface area contributed by atoms with Gasteiger partial charge in [-0.25, -0.2) is 4.39 Å². The summed E-state index contributed by atoms with van der Waals surface area (Å²) in [6.45, 7) is 1.61. The third-order valence-corrected chi connectivity index (χ3v) is 1.86. The molecule has 68 valence electrons. The van der Waals surface area contributed by atoms with E-state index in [0.717, 1.165) is 5.56 Å². The summed E-state index contributed by atoms with van der Waals surface area (Å²) in [5.74, 6) is -0.398. The number of hydrogen-bond acceptors (Lipinski definition) is 0. The van der Waals surface area contributed by atoms with Crippen LogP contribution in [0.2, 0.25) is 0 Å². The lowest BCUT2D eigenvalue weighted by atomic mass is 10.2. The van der Waals surface area contributed by atoms with Gasteiger partial charge in [0.2, 0.25) is 0 Å². The monoisotopic (exact) mass is 196 g/mol. The summed E-state index contributed by atoms with van der Waals surface area (Å²) in [7, 11) is 0. The third kappa shape index (κ3) is 3.03. The molecule has 2 heteroatoms. The van der Waals surface area contributed by atoms with E-state index in [1.165, 1.54) is 6.08 Å². The van der Waals surface area contributed by atoms with Crippen molar-refractivity contribution in [2.24, 2.45) is 0 Å². The van der Waals surface area contributed by atoms with Crippen LogP contribution in [0.15, 0.2) is 47.3 Å². The molecule has 0 aliphatic carbocycles. The van der Waals surface area contributed by atoms with Crippen molar-refractivity contribution in [2.45, 2.75) is 6.92 Å². The van der Waals surface area contributed by atoms with Gasteiger partial charge in [0.1, 0.15) is 5.83 Å². The quantitative estimate of drug-likeness (QED) is 0.624. The van der Waals surface area contributed by atoms with Gasteiger partial charge in [0, 0.05) is 0 Å². The molecule has 1 aromatic rings. The Labute approximate surface area is 82.3 Å². The van der Waals surface area contributed by atoms with Crippen LogP contribution in [-0.4, -0.2) is 0 Å². The van der Waals surface area contributed by atoms with Gasteiger partial charge < -0.3 is 0 Å². The minimum atomic E-state index is -0.398. The van der Waals surface area contributed by atoms with Crippen molar-refractivity contribution in [3.05, 3.63) is 52.8 Å². The smallest absolute Gasteiger partial charge is 0.137 e. The molecule has 0 amide bonds. The topological polar surface area (TPSA) is 0 Å². The van der Waals surface area contributed by atoms with E-state index in [9.17, 15) is 4.39 Å². The van der Waals surface area contributed by atoms with Crippen molar-refractivity contribution in [3.8, 4) is 0 Å². The highest BCUT2D eigenvalue weighted by Gasteiger charge is 1.98. The highest BCUT2D eigenvalue weighted by atomic mass is 35.5. The summed E-state index contributed by atoms with van der Waals surface area (Å²) >= 11 is 5.68. The fourth-order valence-corrected chi connectivity index (χ4v) is 1.14. The van der Waals surface area contributed by atoms with E-state index in [-0.39, 0.29) is 5.03 Å². The molecule has 0 aliphatic heterocycles. The summed E-state index contributed by atoms with van der Waals surface area (Å²) in [4.78, 5) is 0. The molecule has 0 bridgehead atoms. The van der Waals surface area contributed by atoms with E-state index in [1.807, 2.05) is 30.3 Å². The fourth-order valence-electron chi connectivity index (χ4n) is 0.902. The van der Waals surface area contributed by atoms with Crippen LogP contribution in [0, 0.1) is 0 Å². The maximum Gasteiger partial charge on any atom is 0.137 e. The molecule has 0 fully saturated rings. The Morgan fingerprint density at radius 2 is 1.92 bits per heavy atom. The van der Waals surface area contributed by atoms with Crippen LogP contribution in [-0.2, 0) is 0 Å². The van der Waals surface area contributed by atoms with Gasteiger partial charge in [-0.3, -0.25) is 0 Å². The molecule has 0 unspecified atom stereocenters. The van der Waals surface area contributed by atoms with Gasteiger partial charge in [-0.1, -0.05) is 48.0 Å². The predicted molar refractivity (Wildman–Crippen MR) is 55.1 cm³/mol. The highest BCUT2D eigenvalue weighted by Crippen LogP contribution is 2.19. The van der Waals surface area contributed by atoms with Crippen molar-refractivity contribution >= 4 is 17.7 Å². The van der Waals surface area contributed by atoms with Crippen LogP contribution >= 0.6 is 11.6 Å². The van der Waals surface area contributed by atoms with Gasteiger partial charge in [-0.15, -0.1) is 0 Å². The number of allylic oxidation sites excluding steroid dienone is 3. The van der Waals surface area contributed by atoms with Crippen molar-refractivity contribution in [2.75, 3.05) is 0 Å². The molecule has 13 heavy (non-hydrogen) atoms. The molecule has 0 N–H and O–H groups in total. The van der Waals surface area contributed by atoms with Gasteiger partial charge in [-0.2, -0.15) is 0 Å². The predicted octanol–water partition coefficient (Wildman–Crippen LogP) is 4.14. The zero-order valence-electron chi connectivity index (χ0n) is 7.30. The Balaban J connectivity index is 2.89. The Morgan fingerprint density at radius 3 is 2.46 bits per heavy atom. The van der Waals surface area contributed by atoms with E-state index < -0.39 is 5.83 Å². The normalized spacial score (nSPS) is 13.2. The first-order valence-electron chi connectivity index (χ1n) is 3.98. The molecule has 0 radical (unpaired) electrons. The molecule has 0 aliphatic rings. The minimum Gasteiger partial charge on any atom is -0.206 e. The summed E-state index contributed by atoms with van der Waals surface area (Å²) in [5, 5.41) is 0.133. The van der Waals surface area contributed by atoms with Crippen LogP contribution in [0.4, 0.5) is 4.39 Å². The lowest BCUT2D eigenvalue weighted by Gasteiger charge is -1.94. The SMILES string of the molecule is C/C=C(F)\C(Cl)=C\c1ccccc1. The minimum absolute atomic E-state index is 0.133. The largest absolute Gasteiger partial charge is 0.206 e. The van der Waals surface area contributed by atoms with Gasteiger partial charge in [0.15, 0.2) is 0 Å². The van der Waals surface area contributed by atoms with Crippen LogP contribution in [0.3, 0.4) is 0 Å². The zero-order valence-corrected chi connectivity index (χ0v) is 8.05. The van der Waals surface area contributed by atoms with Gasteiger partial charge in [0.05, 0.1) is 5.03 Å². The van der Waals surface area contributed by atoms with E-state index in [1.54, 1.807) is 13.0 Å². The maximum absolute atomic E-state index is 12.9. The summed E-state index contributed by atoms with van der Waals surface area (Å²) in [6, 6.07) is 9.39. The fraction of sp³-hybridized carbons (Fsp3) is 0.0909. The second kappa shape index (κ2) is 4.83. The maximum atomic E-state index is 12.9. The second-order valence-corrected chi connectivity index (χ2v) is 2.95. The summed E-state index contributed by atoms with van der Waals surface area (Å²) in [5.41, 5.74) is 0.893. The first-order chi connectivity index (χ1) is 6.24. The molecule has 0 saturated heterocycles. The van der Waals surface area contributed by atoms with Crippen molar-refractivity contribution in [3.63, 3.8) is 0 Å². The lowest BCUT2D eigenvalue weighted by molar-refractivity contribution is 0.661. The average Bonchev–Trinajstić information content (AvgIpc) is 2.18. The molecule has 0 heterocycles. The number of halogens is 2.